The Morgan fingerprint density at radius 3 is 2.84 bits per heavy atom. The highest BCUT2D eigenvalue weighted by molar-refractivity contribution is 6.33. The third-order valence-corrected chi connectivity index (χ3v) is 4.59. The van der Waals surface area contributed by atoms with Gasteiger partial charge in [-0.05, 0) is 69.2 Å². The molecule has 0 bridgehead atoms. The zero-order valence-electron chi connectivity index (χ0n) is 11.6. The third-order valence-electron chi connectivity index (χ3n) is 4.01. The molecule has 0 spiro atoms. The van der Waals surface area contributed by atoms with Crippen LogP contribution in [0.3, 0.4) is 0 Å². The molecule has 2 unspecified atom stereocenters. The number of hydrogen-bond acceptors (Lipinski definition) is 2. The Balaban J connectivity index is 2.36. The molecule has 2 rings (SSSR count). The van der Waals surface area contributed by atoms with Crippen LogP contribution in [0.4, 0.5) is 0 Å². The van der Waals surface area contributed by atoms with Crippen molar-refractivity contribution in [1.82, 2.24) is 10.2 Å². The molecule has 0 radical (unpaired) electrons. The molecule has 1 aliphatic heterocycles. The standard InChI is InChI=1S/C15H22Cl2N2/c1-3-19-8-4-5-11(10-18-2)15(19)13-9-12(16)6-7-14(13)17/h6-7,9,11,15,18H,3-5,8,10H2,1-2H3. The molecule has 1 N–H and O–H groups in total. The number of nitrogens with zero attached hydrogens (tertiary/aromatic N) is 1. The van der Waals surface area contributed by atoms with Gasteiger partial charge in [-0.25, -0.2) is 0 Å². The number of rotatable bonds is 4. The van der Waals surface area contributed by atoms with Gasteiger partial charge in [0, 0.05) is 16.1 Å². The van der Waals surface area contributed by atoms with Crippen molar-refractivity contribution in [3.05, 3.63) is 33.8 Å². The maximum absolute atomic E-state index is 6.41. The minimum absolute atomic E-state index is 0.373. The van der Waals surface area contributed by atoms with E-state index in [4.69, 9.17) is 23.2 Å². The zero-order valence-corrected chi connectivity index (χ0v) is 13.1. The first kappa shape index (κ1) is 15.1. The van der Waals surface area contributed by atoms with Crippen molar-refractivity contribution in [3.63, 3.8) is 0 Å². The lowest BCUT2D eigenvalue weighted by Crippen LogP contribution is -2.42. The highest BCUT2D eigenvalue weighted by Crippen LogP contribution is 2.39. The molecule has 0 aromatic heterocycles. The van der Waals surface area contributed by atoms with Gasteiger partial charge in [-0.15, -0.1) is 0 Å². The van der Waals surface area contributed by atoms with E-state index < -0.39 is 0 Å². The van der Waals surface area contributed by atoms with Crippen molar-refractivity contribution < 1.29 is 0 Å². The van der Waals surface area contributed by atoms with Crippen LogP contribution in [0.15, 0.2) is 18.2 Å². The third kappa shape index (κ3) is 3.43. The molecule has 1 aliphatic rings. The molecule has 2 nitrogen and oxygen atoms in total. The van der Waals surface area contributed by atoms with E-state index in [1.165, 1.54) is 18.4 Å². The Labute approximate surface area is 126 Å². The Morgan fingerprint density at radius 2 is 2.16 bits per heavy atom. The van der Waals surface area contributed by atoms with E-state index in [2.05, 4.69) is 17.1 Å². The fraction of sp³-hybridized carbons (Fsp3) is 0.600. The van der Waals surface area contributed by atoms with Crippen LogP contribution in [-0.4, -0.2) is 31.6 Å². The van der Waals surface area contributed by atoms with E-state index in [1.54, 1.807) is 0 Å². The van der Waals surface area contributed by atoms with Crippen LogP contribution in [0.1, 0.15) is 31.4 Å². The van der Waals surface area contributed by atoms with Crippen molar-refractivity contribution in [1.29, 1.82) is 0 Å². The predicted octanol–water partition coefficient (Wildman–Crippen LogP) is 3.99. The smallest absolute Gasteiger partial charge is 0.0455 e. The van der Waals surface area contributed by atoms with E-state index in [1.807, 2.05) is 25.2 Å². The highest BCUT2D eigenvalue weighted by atomic mass is 35.5. The number of likely N-dealkylation sites (tertiary alicyclic amines) is 1. The first-order valence-corrected chi connectivity index (χ1v) is 7.76. The van der Waals surface area contributed by atoms with Crippen LogP contribution in [0.25, 0.3) is 0 Å². The fourth-order valence-electron chi connectivity index (χ4n) is 3.17. The number of nitrogens with one attached hydrogen (secondary N) is 1. The molecule has 1 heterocycles. The van der Waals surface area contributed by atoms with Crippen LogP contribution in [0.2, 0.25) is 10.0 Å². The molecule has 4 heteroatoms. The molecule has 2 atom stereocenters. The Bertz CT molecular complexity index is 421. The predicted molar refractivity (Wildman–Crippen MR) is 83.1 cm³/mol. The molecular formula is C15H22Cl2N2. The molecule has 1 fully saturated rings. The average Bonchev–Trinajstić information content (AvgIpc) is 2.42. The lowest BCUT2D eigenvalue weighted by atomic mass is 9.84. The van der Waals surface area contributed by atoms with Crippen molar-refractivity contribution in [3.8, 4) is 0 Å². The zero-order chi connectivity index (χ0) is 13.8. The largest absolute Gasteiger partial charge is 0.319 e. The van der Waals surface area contributed by atoms with Gasteiger partial charge in [0.2, 0.25) is 0 Å². The van der Waals surface area contributed by atoms with Gasteiger partial charge in [0.25, 0.3) is 0 Å². The summed E-state index contributed by atoms with van der Waals surface area (Å²) in [7, 11) is 2.02. The normalized spacial score (nSPS) is 24.6. The maximum atomic E-state index is 6.41. The first-order valence-electron chi connectivity index (χ1n) is 7.01. The van der Waals surface area contributed by atoms with Crippen LogP contribution >= 0.6 is 23.2 Å². The summed E-state index contributed by atoms with van der Waals surface area (Å²) in [5, 5.41) is 4.91. The van der Waals surface area contributed by atoms with Gasteiger partial charge < -0.3 is 5.32 Å². The molecule has 1 saturated heterocycles. The van der Waals surface area contributed by atoms with E-state index in [9.17, 15) is 0 Å². The molecule has 106 valence electrons. The van der Waals surface area contributed by atoms with Gasteiger partial charge in [-0.1, -0.05) is 30.1 Å². The second-order valence-electron chi connectivity index (χ2n) is 5.20. The summed E-state index contributed by atoms with van der Waals surface area (Å²) in [5.41, 5.74) is 1.18. The number of halogens is 2. The minimum Gasteiger partial charge on any atom is -0.319 e. The Kier molecular flexibility index (Phi) is 5.52. The van der Waals surface area contributed by atoms with Gasteiger partial charge >= 0.3 is 0 Å². The monoisotopic (exact) mass is 300 g/mol. The quantitative estimate of drug-likeness (QED) is 0.904. The van der Waals surface area contributed by atoms with Crippen molar-refractivity contribution >= 4 is 23.2 Å². The highest BCUT2D eigenvalue weighted by Gasteiger charge is 2.32. The molecule has 1 aromatic rings. The van der Waals surface area contributed by atoms with Gasteiger partial charge in [0.05, 0.1) is 0 Å². The minimum atomic E-state index is 0.373. The van der Waals surface area contributed by atoms with E-state index in [-0.39, 0.29) is 0 Å². The number of piperidine rings is 1. The lowest BCUT2D eigenvalue weighted by Gasteiger charge is -2.41. The molecule has 19 heavy (non-hydrogen) atoms. The number of hydrogen-bond donors (Lipinski definition) is 1. The second kappa shape index (κ2) is 6.94. The van der Waals surface area contributed by atoms with Crippen molar-refractivity contribution in [2.45, 2.75) is 25.8 Å². The fourth-order valence-corrected chi connectivity index (χ4v) is 3.58. The Hall–Kier alpha value is -0.280. The summed E-state index contributed by atoms with van der Waals surface area (Å²) in [6.45, 7) is 5.43. The molecule has 1 aromatic carbocycles. The van der Waals surface area contributed by atoms with Crippen LogP contribution in [0.5, 0.6) is 0 Å². The lowest BCUT2D eigenvalue weighted by molar-refractivity contribution is 0.0983. The summed E-state index contributed by atoms with van der Waals surface area (Å²) >= 11 is 12.6. The van der Waals surface area contributed by atoms with Gasteiger partial charge in [-0.2, -0.15) is 0 Å². The Morgan fingerprint density at radius 1 is 1.37 bits per heavy atom. The molecule has 0 amide bonds. The van der Waals surface area contributed by atoms with Crippen LogP contribution < -0.4 is 5.32 Å². The topological polar surface area (TPSA) is 15.3 Å². The SMILES string of the molecule is CCN1CCCC(CNC)C1c1cc(Cl)ccc1Cl. The second-order valence-corrected chi connectivity index (χ2v) is 6.04. The van der Waals surface area contributed by atoms with Crippen molar-refractivity contribution in [2.75, 3.05) is 26.7 Å². The molecule has 0 saturated carbocycles. The summed E-state index contributed by atoms with van der Waals surface area (Å²) in [4.78, 5) is 2.52. The number of benzene rings is 1. The van der Waals surface area contributed by atoms with Gasteiger partial charge in [-0.3, -0.25) is 4.90 Å². The van der Waals surface area contributed by atoms with Crippen LogP contribution in [0, 0.1) is 5.92 Å². The summed E-state index contributed by atoms with van der Waals surface area (Å²) < 4.78 is 0. The van der Waals surface area contributed by atoms with Gasteiger partial charge in [0.1, 0.15) is 0 Å². The van der Waals surface area contributed by atoms with Crippen molar-refractivity contribution in [2.24, 2.45) is 5.92 Å². The summed E-state index contributed by atoms with van der Waals surface area (Å²) in [6, 6.07) is 6.18. The maximum Gasteiger partial charge on any atom is 0.0455 e. The van der Waals surface area contributed by atoms with E-state index in [0.717, 1.165) is 29.7 Å². The van der Waals surface area contributed by atoms with Crippen LogP contribution in [-0.2, 0) is 0 Å². The van der Waals surface area contributed by atoms with E-state index >= 15 is 0 Å². The molecular weight excluding hydrogens is 279 g/mol. The molecule has 0 aliphatic carbocycles. The average molecular weight is 301 g/mol. The first-order chi connectivity index (χ1) is 9.17. The van der Waals surface area contributed by atoms with Gasteiger partial charge in [0.15, 0.2) is 0 Å². The summed E-state index contributed by atoms with van der Waals surface area (Å²) in [6.07, 6.45) is 2.50. The van der Waals surface area contributed by atoms with E-state index in [0.29, 0.717) is 12.0 Å². The summed E-state index contributed by atoms with van der Waals surface area (Å²) in [5.74, 6) is 0.592.